The van der Waals surface area contributed by atoms with E-state index < -0.39 is 0 Å². The summed E-state index contributed by atoms with van der Waals surface area (Å²) in [7, 11) is 0. The molecule has 0 unspecified atom stereocenters. The number of carbonyl (C=O) groups excluding carboxylic acids is 2. The van der Waals surface area contributed by atoms with Gasteiger partial charge in [-0.2, -0.15) is 0 Å². The van der Waals surface area contributed by atoms with Crippen LogP contribution in [0.4, 0.5) is 5.69 Å². The Morgan fingerprint density at radius 1 is 1.50 bits per heavy atom. The van der Waals surface area contributed by atoms with Gasteiger partial charge in [-0.15, -0.1) is 0 Å². The fourth-order valence-electron chi connectivity index (χ4n) is 3.18. The topological polar surface area (TPSA) is 78.9 Å². The molecule has 2 amide bonds. The number of nitrogens with zero attached hydrogens (tertiary/aromatic N) is 1. The number of para-hydroxylation sites is 1. The van der Waals surface area contributed by atoms with Crippen LogP contribution < -0.4 is 10.1 Å². The molecule has 3 rings (SSSR count). The highest BCUT2D eigenvalue weighted by Crippen LogP contribution is 2.34. The number of nitrogens with one attached hydrogen (secondary N) is 1. The number of carbonyl (C=O) groups is 2. The normalized spacial score (nSPS) is 24.3. The number of benzene rings is 1. The molecule has 2 N–H and O–H groups in total. The first-order valence-electron chi connectivity index (χ1n) is 7.57. The van der Waals surface area contributed by atoms with E-state index in [1.165, 1.54) is 0 Å². The second-order valence-corrected chi connectivity index (χ2v) is 5.94. The molecule has 6 heteroatoms. The minimum atomic E-state index is -0.214. The fourth-order valence-corrected chi connectivity index (χ4v) is 3.18. The molecule has 0 aromatic heterocycles. The predicted octanol–water partition coefficient (Wildman–Crippen LogP) is 1.25. The van der Waals surface area contributed by atoms with E-state index in [9.17, 15) is 14.7 Å². The summed E-state index contributed by atoms with van der Waals surface area (Å²) in [6, 6.07) is 5.27. The third-order valence-electron chi connectivity index (χ3n) is 4.37. The molecule has 118 valence electrons. The van der Waals surface area contributed by atoms with Crippen molar-refractivity contribution < 1.29 is 19.4 Å². The quantitative estimate of drug-likeness (QED) is 0.862. The van der Waals surface area contributed by atoms with Gasteiger partial charge < -0.3 is 20.1 Å². The van der Waals surface area contributed by atoms with Crippen LogP contribution in [-0.2, 0) is 4.79 Å². The first kappa shape index (κ1) is 14.8. The lowest BCUT2D eigenvalue weighted by Crippen LogP contribution is -2.45. The van der Waals surface area contributed by atoms with E-state index >= 15 is 0 Å². The van der Waals surface area contributed by atoms with Crippen LogP contribution in [0, 0.1) is 5.92 Å². The lowest BCUT2D eigenvalue weighted by molar-refractivity contribution is -0.118. The van der Waals surface area contributed by atoms with Crippen LogP contribution in [0.1, 0.15) is 30.1 Å². The molecule has 1 fully saturated rings. The molecule has 2 heterocycles. The predicted molar refractivity (Wildman–Crippen MR) is 80.9 cm³/mol. The van der Waals surface area contributed by atoms with Crippen LogP contribution in [0.2, 0.25) is 0 Å². The zero-order valence-electron chi connectivity index (χ0n) is 12.5. The molecule has 2 aliphatic rings. The summed E-state index contributed by atoms with van der Waals surface area (Å²) in [6.07, 6.45) is 1.61. The summed E-state index contributed by atoms with van der Waals surface area (Å²) in [6.45, 7) is 2.72. The molecule has 1 saturated heterocycles. The maximum Gasteiger partial charge on any atom is 0.262 e. The van der Waals surface area contributed by atoms with Crippen LogP contribution in [0.15, 0.2) is 18.2 Å². The average Bonchev–Trinajstić information content (AvgIpc) is 2.53. The molecular weight excluding hydrogens is 284 g/mol. The molecule has 0 bridgehead atoms. The summed E-state index contributed by atoms with van der Waals surface area (Å²) < 4.78 is 5.46. The first-order chi connectivity index (χ1) is 10.6. The van der Waals surface area contributed by atoms with E-state index in [4.69, 9.17) is 4.74 Å². The van der Waals surface area contributed by atoms with Gasteiger partial charge in [0.05, 0.1) is 11.3 Å². The molecule has 0 saturated carbocycles. The molecule has 2 aliphatic heterocycles. The highest BCUT2D eigenvalue weighted by atomic mass is 16.5. The number of rotatable bonds is 2. The Hall–Kier alpha value is -2.08. The van der Waals surface area contributed by atoms with Crippen LogP contribution >= 0.6 is 0 Å². The standard InChI is InChI=1S/C16H20N2O4/c1-10-7-11(8-19)5-6-18(10)16(21)12-3-2-4-13-15(12)22-9-14(20)17-13/h2-4,10-11,19H,5-9H2,1H3,(H,17,20)/t10-,11-/m0/s1. The van der Waals surface area contributed by atoms with Gasteiger partial charge >= 0.3 is 0 Å². The summed E-state index contributed by atoms with van der Waals surface area (Å²) in [5.74, 6) is 0.411. The third kappa shape index (κ3) is 2.66. The Labute approximate surface area is 129 Å². The van der Waals surface area contributed by atoms with Gasteiger partial charge in [0, 0.05) is 19.2 Å². The second-order valence-electron chi connectivity index (χ2n) is 5.94. The number of anilines is 1. The molecule has 22 heavy (non-hydrogen) atoms. The van der Waals surface area contributed by atoms with Gasteiger partial charge in [-0.1, -0.05) is 6.07 Å². The number of fused-ring (bicyclic) bond motifs is 1. The zero-order valence-corrected chi connectivity index (χ0v) is 12.5. The van der Waals surface area contributed by atoms with Gasteiger partial charge in [0.25, 0.3) is 11.8 Å². The van der Waals surface area contributed by atoms with Crippen LogP contribution in [-0.4, -0.2) is 47.6 Å². The molecule has 1 aromatic carbocycles. The largest absolute Gasteiger partial charge is 0.481 e. The van der Waals surface area contributed by atoms with Crippen molar-refractivity contribution in [3.63, 3.8) is 0 Å². The van der Waals surface area contributed by atoms with Crippen LogP contribution in [0.3, 0.4) is 0 Å². The second kappa shape index (κ2) is 5.96. The minimum Gasteiger partial charge on any atom is -0.481 e. The first-order valence-corrected chi connectivity index (χ1v) is 7.57. The zero-order chi connectivity index (χ0) is 15.7. The van der Waals surface area contributed by atoms with Crippen molar-refractivity contribution in [2.45, 2.75) is 25.8 Å². The van der Waals surface area contributed by atoms with Crippen molar-refractivity contribution in [2.24, 2.45) is 5.92 Å². The number of piperidine rings is 1. The number of hydrogen-bond acceptors (Lipinski definition) is 4. The number of likely N-dealkylation sites (tertiary alicyclic amines) is 1. The molecule has 2 atom stereocenters. The summed E-state index contributed by atoms with van der Waals surface area (Å²) in [5.41, 5.74) is 1.02. The number of amides is 2. The maximum atomic E-state index is 12.8. The van der Waals surface area contributed by atoms with Gasteiger partial charge in [0.15, 0.2) is 12.4 Å². The molecule has 1 aromatic rings. The minimum absolute atomic E-state index is 0.0700. The van der Waals surface area contributed by atoms with Crippen molar-refractivity contribution in [3.8, 4) is 5.75 Å². The smallest absolute Gasteiger partial charge is 0.262 e. The lowest BCUT2D eigenvalue weighted by atomic mass is 9.91. The maximum absolute atomic E-state index is 12.8. The Morgan fingerprint density at radius 3 is 3.05 bits per heavy atom. The Kier molecular flexibility index (Phi) is 4.02. The summed E-state index contributed by atoms with van der Waals surface area (Å²) in [5, 5.41) is 12.0. The Balaban J connectivity index is 1.84. The Morgan fingerprint density at radius 2 is 2.32 bits per heavy atom. The number of aliphatic hydroxyl groups excluding tert-OH is 1. The SMILES string of the molecule is C[C@H]1C[C@@H](CO)CCN1C(=O)c1cccc2c1OCC(=O)N2. The monoisotopic (exact) mass is 304 g/mol. The van der Waals surface area contributed by atoms with E-state index in [2.05, 4.69) is 5.32 Å². The third-order valence-corrected chi connectivity index (χ3v) is 4.37. The molecule has 6 nitrogen and oxygen atoms in total. The van der Waals surface area contributed by atoms with Crippen molar-refractivity contribution in [3.05, 3.63) is 23.8 Å². The summed E-state index contributed by atoms with van der Waals surface area (Å²) in [4.78, 5) is 26.0. The van der Waals surface area contributed by atoms with E-state index in [1.54, 1.807) is 18.2 Å². The van der Waals surface area contributed by atoms with Crippen LogP contribution in [0.5, 0.6) is 5.75 Å². The molecule has 0 spiro atoms. The number of aliphatic hydroxyl groups is 1. The molecular formula is C16H20N2O4. The van der Waals surface area contributed by atoms with Crippen LogP contribution in [0.25, 0.3) is 0 Å². The molecule has 0 radical (unpaired) electrons. The number of ether oxygens (including phenoxy) is 1. The van der Waals surface area contributed by atoms with Crippen molar-refractivity contribution in [2.75, 3.05) is 25.1 Å². The van der Waals surface area contributed by atoms with E-state index in [-0.39, 0.29) is 37.0 Å². The Bertz CT molecular complexity index is 602. The highest BCUT2D eigenvalue weighted by Gasteiger charge is 2.31. The van der Waals surface area contributed by atoms with Crippen molar-refractivity contribution in [1.29, 1.82) is 0 Å². The van der Waals surface area contributed by atoms with Gasteiger partial charge in [0.2, 0.25) is 0 Å². The van der Waals surface area contributed by atoms with E-state index in [0.29, 0.717) is 23.5 Å². The van der Waals surface area contributed by atoms with Gasteiger partial charge in [-0.05, 0) is 37.8 Å². The van der Waals surface area contributed by atoms with E-state index in [0.717, 1.165) is 12.8 Å². The number of hydrogen-bond donors (Lipinski definition) is 2. The van der Waals surface area contributed by atoms with E-state index in [1.807, 2.05) is 11.8 Å². The highest BCUT2D eigenvalue weighted by molar-refractivity contribution is 6.03. The van der Waals surface area contributed by atoms with Crippen molar-refractivity contribution >= 4 is 17.5 Å². The molecule has 0 aliphatic carbocycles. The summed E-state index contributed by atoms with van der Waals surface area (Å²) >= 11 is 0. The fraction of sp³-hybridized carbons (Fsp3) is 0.500. The van der Waals surface area contributed by atoms with Crippen molar-refractivity contribution in [1.82, 2.24) is 4.90 Å². The average molecular weight is 304 g/mol. The van der Waals surface area contributed by atoms with Gasteiger partial charge in [-0.25, -0.2) is 0 Å². The lowest BCUT2D eigenvalue weighted by Gasteiger charge is -2.37. The van der Waals surface area contributed by atoms with Gasteiger partial charge in [-0.3, -0.25) is 9.59 Å². The van der Waals surface area contributed by atoms with Gasteiger partial charge in [0.1, 0.15) is 0 Å².